The predicted molar refractivity (Wildman–Crippen MR) is 59.2 cm³/mol. The van der Waals surface area contributed by atoms with Crippen LogP contribution in [0.2, 0.25) is 0 Å². The van der Waals surface area contributed by atoms with Gasteiger partial charge in [0, 0.05) is 23.8 Å². The van der Waals surface area contributed by atoms with Crippen LogP contribution in [0.25, 0.3) is 0 Å². The molecule has 3 heteroatoms. The van der Waals surface area contributed by atoms with Crippen molar-refractivity contribution in [2.75, 3.05) is 25.1 Å². The summed E-state index contributed by atoms with van der Waals surface area (Å²) >= 11 is 3.48. The van der Waals surface area contributed by atoms with E-state index in [9.17, 15) is 0 Å². The van der Waals surface area contributed by atoms with E-state index in [1.54, 1.807) is 0 Å². The van der Waals surface area contributed by atoms with E-state index in [1.807, 2.05) is 11.9 Å². The molecule has 0 spiro atoms. The highest BCUT2D eigenvalue weighted by atomic mass is 79.9. The van der Waals surface area contributed by atoms with Gasteiger partial charge in [0.2, 0.25) is 0 Å². The topological polar surface area (TPSA) is 23.5 Å². The lowest BCUT2D eigenvalue weighted by Gasteiger charge is -2.18. The number of likely N-dealkylation sites (N-methyl/N-ethyl adjacent to an activating group) is 1. The molecular formula is C10H14BrNO. The van der Waals surface area contributed by atoms with Crippen molar-refractivity contribution >= 4 is 21.6 Å². The first-order valence-electron chi connectivity index (χ1n) is 4.23. The standard InChI is InChI=1S/C10H14BrNO/c1-8-3-4-9(7-10(8)11)12(2)5-6-13/h3-4,7,13H,5-6H2,1-2H3. The molecule has 0 aliphatic heterocycles. The van der Waals surface area contributed by atoms with Gasteiger partial charge in [-0.05, 0) is 24.6 Å². The average molecular weight is 244 g/mol. The molecule has 1 rings (SSSR count). The Morgan fingerprint density at radius 2 is 2.15 bits per heavy atom. The highest BCUT2D eigenvalue weighted by Gasteiger charge is 2.01. The van der Waals surface area contributed by atoms with Gasteiger partial charge in [0.15, 0.2) is 0 Å². The Balaban J connectivity index is 2.84. The van der Waals surface area contributed by atoms with E-state index in [-0.39, 0.29) is 6.61 Å². The fourth-order valence-corrected chi connectivity index (χ4v) is 1.47. The summed E-state index contributed by atoms with van der Waals surface area (Å²) in [5.74, 6) is 0. The number of anilines is 1. The second-order valence-corrected chi connectivity index (χ2v) is 3.93. The first kappa shape index (κ1) is 10.5. The number of aliphatic hydroxyl groups is 1. The molecule has 0 fully saturated rings. The number of nitrogens with zero attached hydrogens (tertiary/aromatic N) is 1. The van der Waals surface area contributed by atoms with Crippen LogP contribution < -0.4 is 4.90 Å². The van der Waals surface area contributed by atoms with Crippen molar-refractivity contribution in [2.24, 2.45) is 0 Å². The molecule has 0 unspecified atom stereocenters. The van der Waals surface area contributed by atoms with E-state index in [4.69, 9.17) is 5.11 Å². The van der Waals surface area contributed by atoms with Crippen LogP contribution in [-0.4, -0.2) is 25.3 Å². The van der Waals surface area contributed by atoms with Crippen molar-refractivity contribution < 1.29 is 5.11 Å². The van der Waals surface area contributed by atoms with Gasteiger partial charge in [-0.3, -0.25) is 0 Å². The minimum atomic E-state index is 0.183. The summed E-state index contributed by atoms with van der Waals surface area (Å²) in [6, 6.07) is 6.17. The lowest BCUT2D eigenvalue weighted by Crippen LogP contribution is -2.20. The summed E-state index contributed by atoms with van der Waals surface area (Å²) in [7, 11) is 1.97. The van der Waals surface area contributed by atoms with Gasteiger partial charge in [-0.15, -0.1) is 0 Å². The molecule has 0 bridgehead atoms. The van der Waals surface area contributed by atoms with Gasteiger partial charge >= 0.3 is 0 Å². The minimum absolute atomic E-state index is 0.183. The fraction of sp³-hybridized carbons (Fsp3) is 0.400. The maximum atomic E-state index is 8.77. The third-order valence-corrected chi connectivity index (χ3v) is 2.89. The maximum Gasteiger partial charge on any atom is 0.0606 e. The highest BCUT2D eigenvalue weighted by Crippen LogP contribution is 2.22. The molecule has 0 heterocycles. The summed E-state index contributed by atoms with van der Waals surface area (Å²) < 4.78 is 1.11. The molecule has 1 aromatic carbocycles. The Hall–Kier alpha value is -0.540. The van der Waals surface area contributed by atoms with Crippen molar-refractivity contribution in [3.05, 3.63) is 28.2 Å². The zero-order valence-corrected chi connectivity index (χ0v) is 9.50. The number of aryl methyl sites for hydroxylation is 1. The second kappa shape index (κ2) is 4.63. The van der Waals surface area contributed by atoms with E-state index >= 15 is 0 Å². The van der Waals surface area contributed by atoms with Gasteiger partial charge in [-0.25, -0.2) is 0 Å². The van der Waals surface area contributed by atoms with E-state index < -0.39 is 0 Å². The number of hydrogen-bond acceptors (Lipinski definition) is 2. The molecule has 0 aliphatic carbocycles. The van der Waals surface area contributed by atoms with E-state index in [1.165, 1.54) is 5.56 Å². The van der Waals surface area contributed by atoms with Crippen LogP contribution in [0, 0.1) is 6.92 Å². The van der Waals surface area contributed by atoms with Crippen molar-refractivity contribution in [3.63, 3.8) is 0 Å². The maximum absolute atomic E-state index is 8.77. The third-order valence-electron chi connectivity index (χ3n) is 2.03. The molecule has 1 N–H and O–H groups in total. The molecule has 0 aliphatic rings. The zero-order valence-electron chi connectivity index (χ0n) is 7.92. The Morgan fingerprint density at radius 1 is 1.46 bits per heavy atom. The van der Waals surface area contributed by atoms with Crippen molar-refractivity contribution in [1.82, 2.24) is 0 Å². The first-order chi connectivity index (χ1) is 6.15. The lowest BCUT2D eigenvalue weighted by molar-refractivity contribution is 0.304. The van der Waals surface area contributed by atoms with Crippen LogP contribution in [0.15, 0.2) is 22.7 Å². The summed E-state index contributed by atoms with van der Waals surface area (Å²) in [5, 5.41) is 8.77. The second-order valence-electron chi connectivity index (χ2n) is 3.08. The van der Waals surface area contributed by atoms with E-state index in [0.29, 0.717) is 6.54 Å². The molecule has 0 saturated heterocycles. The molecule has 0 radical (unpaired) electrons. The fourth-order valence-electron chi connectivity index (χ4n) is 1.10. The molecule has 0 aromatic heterocycles. The molecule has 72 valence electrons. The Morgan fingerprint density at radius 3 is 2.69 bits per heavy atom. The first-order valence-corrected chi connectivity index (χ1v) is 5.02. The number of halogens is 1. The Bertz CT molecular complexity index is 288. The van der Waals surface area contributed by atoms with Crippen LogP contribution in [0.3, 0.4) is 0 Å². The molecule has 0 amide bonds. The van der Waals surface area contributed by atoms with Crippen LogP contribution >= 0.6 is 15.9 Å². The van der Waals surface area contributed by atoms with Crippen LogP contribution in [-0.2, 0) is 0 Å². The molecule has 0 saturated carbocycles. The summed E-state index contributed by atoms with van der Waals surface area (Å²) in [6.45, 7) is 2.90. The predicted octanol–water partition coefficient (Wildman–Crippen LogP) is 2.19. The summed E-state index contributed by atoms with van der Waals surface area (Å²) in [4.78, 5) is 2.02. The molecular weight excluding hydrogens is 230 g/mol. The van der Waals surface area contributed by atoms with Gasteiger partial charge in [0.25, 0.3) is 0 Å². The van der Waals surface area contributed by atoms with Crippen molar-refractivity contribution in [3.8, 4) is 0 Å². The highest BCUT2D eigenvalue weighted by molar-refractivity contribution is 9.10. The van der Waals surface area contributed by atoms with Gasteiger partial charge in [-0.2, -0.15) is 0 Å². The van der Waals surface area contributed by atoms with Crippen molar-refractivity contribution in [1.29, 1.82) is 0 Å². The quantitative estimate of drug-likeness (QED) is 0.880. The largest absolute Gasteiger partial charge is 0.395 e. The zero-order chi connectivity index (χ0) is 9.84. The smallest absolute Gasteiger partial charge is 0.0606 e. The van der Waals surface area contributed by atoms with Gasteiger partial charge in [0.1, 0.15) is 0 Å². The van der Waals surface area contributed by atoms with Gasteiger partial charge < -0.3 is 10.0 Å². The Labute approximate surface area is 87.3 Å². The van der Waals surface area contributed by atoms with E-state index in [0.717, 1.165) is 10.2 Å². The Kier molecular flexibility index (Phi) is 3.75. The van der Waals surface area contributed by atoms with E-state index in [2.05, 4.69) is 41.1 Å². The van der Waals surface area contributed by atoms with Crippen LogP contribution in [0.4, 0.5) is 5.69 Å². The molecule has 13 heavy (non-hydrogen) atoms. The van der Waals surface area contributed by atoms with Crippen LogP contribution in [0.1, 0.15) is 5.56 Å². The molecule has 2 nitrogen and oxygen atoms in total. The minimum Gasteiger partial charge on any atom is -0.395 e. The molecule has 0 atom stereocenters. The number of hydrogen-bond donors (Lipinski definition) is 1. The normalized spacial score (nSPS) is 10.2. The molecule has 1 aromatic rings. The van der Waals surface area contributed by atoms with Gasteiger partial charge in [-0.1, -0.05) is 22.0 Å². The van der Waals surface area contributed by atoms with Crippen molar-refractivity contribution in [2.45, 2.75) is 6.92 Å². The third kappa shape index (κ3) is 2.71. The van der Waals surface area contributed by atoms with Gasteiger partial charge in [0.05, 0.1) is 6.61 Å². The number of rotatable bonds is 3. The summed E-state index contributed by atoms with van der Waals surface area (Å²) in [6.07, 6.45) is 0. The monoisotopic (exact) mass is 243 g/mol. The SMILES string of the molecule is Cc1ccc(N(C)CCO)cc1Br. The summed E-state index contributed by atoms with van der Waals surface area (Å²) in [5.41, 5.74) is 2.34. The van der Waals surface area contributed by atoms with Crippen LogP contribution in [0.5, 0.6) is 0 Å². The number of aliphatic hydroxyl groups excluding tert-OH is 1. The lowest BCUT2D eigenvalue weighted by atomic mass is 10.2. The average Bonchev–Trinajstić information content (AvgIpc) is 2.10. The number of benzene rings is 1.